The summed E-state index contributed by atoms with van der Waals surface area (Å²) in [4.78, 5) is 23.5. The van der Waals surface area contributed by atoms with Crippen LogP contribution in [-0.2, 0) is 16.8 Å². The van der Waals surface area contributed by atoms with Gasteiger partial charge in [-0.1, -0.05) is 30.3 Å². The van der Waals surface area contributed by atoms with Gasteiger partial charge in [0.15, 0.2) is 0 Å². The van der Waals surface area contributed by atoms with Gasteiger partial charge in [0.25, 0.3) is 0 Å². The summed E-state index contributed by atoms with van der Waals surface area (Å²) >= 11 is 0. The van der Waals surface area contributed by atoms with Crippen molar-refractivity contribution >= 4 is 17.5 Å². The van der Waals surface area contributed by atoms with E-state index in [1.165, 1.54) is 0 Å². The zero-order valence-electron chi connectivity index (χ0n) is 12.7. The van der Waals surface area contributed by atoms with Crippen molar-refractivity contribution < 1.29 is 9.59 Å². The minimum absolute atomic E-state index is 0.0989. The predicted molar refractivity (Wildman–Crippen MR) is 88.8 cm³/mol. The molecule has 0 aliphatic heterocycles. The first-order chi connectivity index (χ1) is 11.0. The van der Waals surface area contributed by atoms with Crippen molar-refractivity contribution in [2.75, 3.05) is 5.32 Å². The van der Waals surface area contributed by atoms with Crippen LogP contribution in [0.15, 0.2) is 48.5 Å². The summed E-state index contributed by atoms with van der Waals surface area (Å²) in [6, 6.07) is 14.4. The summed E-state index contributed by atoms with van der Waals surface area (Å²) in [5.74, 6) is -0.726. The lowest BCUT2D eigenvalue weighted by molar-refractivity contribution is -0.115. The lowest BCUT2D eigenvalue weighted by Crippen LogP contribution is -2.20. The summed E-state index contributed by atoms with van der Waals surface area (Å²) in [7, 11) is 0. The molecule has 2 aromatic rings. The van der Waals surface area contributed by atoms with Crippen molar-refractivity contribution in [2.24, 2.45) is 11.5 Å². The van der Waals surface area contributed by atoms with Gasteiger partial charge in [-0.15, -0.1) is 0 Å². The maximum atomic E-state index is 12.2. The van der Waals surface area contributed by atoms with Crippen LogP contribution in [0, 0.1) is 0 Å². The summed E-state index contributed by atoms with van der Waals surface area (Å²) in [6.07, 6.45) is 2.10. The molecule has 3 rings (SSSR count). The lowest BCUT2D eigenvalue weighted by atomic mass is 10.0. The Kier molecular flexibility index (Phi) is 3.88. The van der Waals surface area contributed by atoms with Gasteiger partial charge in [-0.25, -0.2) is 0 Å². The topological polar surface area (TPSA) is 98.2 Å². The second-order valence-corrected chi connectivity index (χ2v) is 5.98. The highest BCUT2D eigenvalue weighted by molar-refractivity contribution is 5.98. The summed E-state index contributed by atoms with van der Waals surface area (Å²) in [6.45, 7) is 0. The van der Waals surface area contributed by atoms with E-state index in [1.54, 1.807) is 24.3 Å². The van der Waals surface area contributed by atoms with E-state index in [1.807, 2.05) is 24.3 Å². The fourth-order valence-electron chi connectivity index (χ4n) is 2.60. The highest BCUT2D eigenvalue weighted by atomic mass is 16.2. The number of benzene rings is 2. The number of nitrogens with one attached hydrogen (secondary N) is 1. The normalized spacial score (nSPS) is 15.0. The van der Waals surface area contributed by atoms with Crippen molar-refractivity contribution in [1.82, 2.24) is 0 Å². The number of anilines is 1. The zero-order chi connectivity index (χ0) is 16.4. The van der Waals surface area contributed by atoms with Gasteiger partial charge in [0.05, 0.1) is 6.42 Å². The third kappa shape index (κ3) is 3.40. The van der Waals surface area contributed by atoms with E-state index in [2.05, 4.69) is 5.32 Å². The van der Waals surface area contributed by atoms with Crippen LogP contribution in [0.5, 0.6) is 0 Å². The van der Waals surface area contributed by atoms with Gasteiger partial charge in [-0.3, -0.25) is 9.59 Å². The van der Waals surface area contributed by atoms with Crippen LogP contribution >= 0.6 is 0 Å². The number of amides is 2. The zero-order valence-corrected chi connectivity index (χ0v) is 12.7. The summed E-state index contributed by atoms with van der Waals surface area (Å²) < 4.78 is 0. The van der Waals surface area contributed by atoms with E-state index in [0.29, 0.717) is 16.8 Å². The summed E-state index contributed by atoms with van der Waals surface area (Å²) in [5, 5.41) is 2.82. The van der Waals surface area contributed by atoms with Crippen molar-refractivity contribution in [3.63, 3.8) is 0 Å². The molecular weight excluding hydrogens is 290 g/mol. The Morgan fingerprint density at radius 1 is 1.04 bits per heavy atom. The Hall–Kier alpha value is -2.66. The molecule has 2 aromatic carbocycles. The third-order valence-electron chi connectivity index (χ3n) is 4.17. The van der Waals surface area contributed by atoms with E-state index in [4.69, 9.17) is 11.5 Å². The molecule has 23 heavy (non-hydrogen) atoms. The minimum Gasteiger partial charge on any atom is -0.366 e. The number of nitrogens with two attached hydrogens (primary N) is 2. The van der Waals surface area contributed by atoms with Crippen LogP contribution < -0.4 is 16.8 Å². The minimum atomic E-state index is -0.532. The van der Waals surface area contributed by atoms with Crippen LogP contribution in [0.25, 0.3) is 0 Å². The first kappa shape index (κ1) is 15.2. The van der Waals surface area contributed by atoms with Gasteiger partial charge in [0.1, 0.15) is 0 Å². The summed E-state index contributed by atoms with van der Waals surface area (Å²) in [5.41, 5.74) is 14.1. The standard InChI is InChI=1S/C18H19N3O2/c19-17(23)15-4-2-1-3-12(15)11-16(22)21-14-7-5-13(6-8-14)18(20)9-10-18/h1-8H,9-11,20H2,(H2,19,23)(H,21,22). The molecule has 118 valence electrons. The van der Waals surface area contributed by atoms with Gasteiger partial charge in [-0.05, 0) is 42.2 Å². The average molecular weight is 309 g/mol. The van der Waals surface area contributed by atoms with E-state index in [0.717, 1.165) is 18.4 Å². The van der Waals surface area contributed by atoms with Gasteiger partial charge >= 0.3 is 0 Å². The van der Waals surface area contributed by atoms with Crippen LogP contribution in [0.3, 0.4) is 0 Å². The van der Waals surface area contributed by atoms with E-state index in [-0.39, 0.29) is 17.9 Å². The van der Waals surface area contributed by atoms with Crippen LogP contribution in [0.1, 0.15) is 34.3 Å². The maximum absolute atomic E-state index is 12.2. The molecule has 0 radical (unpaired) electrons. The monoisotopic (exact) mass is 309 g/mol. The van der Waals surface area contributed by atoms with Crippen molar-refractivity contribution in [3.05, 3.63) is 65.2 Å². The van der Waals surface area contributed by atoms with Crippen LogP contribution in [-0.4, -0.2) is 11.8 Å². The maximum Gasteiger partial charge on any atom is 0.248 e. The Bertz CT molecular complexity index is 749. The number of rotatable bonds is 5. The Morgan fingerprint density at radius 3 is 2.30 bits per heavy atom. The molecule has 2 amide bonds. The molecule has 0 aromatic heterocycles. The van der Waals surface area contributed by atoms with E-state index >= 15 is 0 Å². The molecule has 5 nitrogen and oxygen atoms in total. The number of primary amides is 1. The van der Waals surface area contributed by atoms with Crippen molar-refractivity contribution in [1.29, 1.82) is 0 Å². The number of hydrogen-bond acceptors (Lipinski definition) is 3. The largest absolute Gasteiger partial charge is 0.366 e. The molecule has 0 bridgehead atoms. The molecule has 1 aliphatic rings. The molecule has 5 heteroatoms. The molecule has 1 fully saturated rings. The highest BCUT2D eigenvalue weighted by Crippen LogP contribution is 2.42. The van der Waals surface area contributed by atoms with Crippen molar-refractivity contribution in [3.8, 4) is 0 Å². The van der Waals surface area contributed by atoms with E-state index in [9.17, 15) is 9.59 Å². The lowest BCUT2D eigenvalue weighted by Gasteiger charge is -2.11. The van der Waals surface area contributed by atoms with Gasteiger partial charge in [0.2, 0.25) is 11.8 Å². The molecule has 0 unspecified atom stereocenters. The van der Waals surface area contributed by atoms with Crippen molar-refractivity contribution in [2.45, 2.75) is 24.8 Å². The smallest absolute Gasteiger partial charge is 0.248 e. The highest BCUT2D eigenvalue weighted by Gasteiger charge is 2.39. The fraction of sp³-hybridized carbons (Fsp3) is 0.222. The first-order valence-electron chi connectivity index (χ1n) is 7.55. The second-order valence-electron chi connectivity index (χ2n) is 5.98. The third-order valence-corrected chi connectivity index (χ3v) is 4.17. The first-order valence-corrected chi connectivity index (χ1v) is 7.55. The molecule has 0 spiro atoms. The Balaban J connectivity index is 1.67. The molecule has 0 atom stereocenters. The Morgan fingerprint density at radius 2 is 1.70 bits per heavy atom. The quantitative estimate of drug-likeness (QED) is 0.787. The van der Waals surface area contributed by atoms with Crippen LogP contribution in [0.2, 0.25) is 0 Å². The Labute approximate surface area is 134 Å². The molecule has 5 N–H and O–H groups in total. The number of carbonyl (C=O) groups is 2. The second kappa shape index (κ2) is 5.85. The molecule has 1 saturated carbocycles. The van der Waals surface area contributed by atoms with Gasteiger partial charge < -0.3 is 16.8 Å². The predicted octanol–water partition coefficient (Wildman–Crippen LogP) is 1.91. The number of carbonyl (C=O) groups excluding carboxylic acids is 2. The SMILES string of the molecule is NC(=O)c1ccccc1CC(=O)Nc1ccc(C2(N)CC2)cc1. The van der Waals surface area contributed by atoms with Gasteiger partial charge in [-0.2, -0.15) is 0 Å². The molecule has 0 heterocycles. The fourth-order valence-corrected chi connectivity index (χ4v) is 2.60. The average Bonchev–Trinajstić information content (AvgIpc) is 3.27. The van der Waals surface area contributed by atoms with E-state index < -0.39 is 5.91 Å². The molecule has 0 saturated heterocycles. The molecular formula is C18H19N3O2. The number of hydrogen-bond donors (Lipinski definition) is 3. The molecule has 1 aliphatic carbocycles. The van der Waals surface area contributed by atoms with Gasteiger partial charge in [0, 0.05) is 16.8 Å². The van der Waals surface area contributed by atoms with Crippen LogP contribution in [0.4, 0.5) is 5.69 Å².